The molecule has 0 aromatic carbocycles. The molecule has 0 aliphatic rings. The average Bonchev–Trinajstić information content (AvgIpc) is 2.78. The fraction of sp³-hybridized carbons (Fsp3) is 0.222. The van der Waals surface area contributed by atoms with Crippen molar-refractivity contribution in [2.24, 2.45) is 0 Å². The van der Waals surface area contributed by atoms with Crippen molar-refractivity contribution in [2.45, 2.75) is 6.18 Å². The molecule has 1 N–H and O–H groups in total. The number of ether oxygens (including phenoxy) is 1. The topological polar surface area (TPSA) is 63.7 Å². The highest BCUT2D eigenvalue weighted by atomic mass is 19.4. The van der Waals surface area contributed by atoms with Gasteiger partial charge in [0.25, 0.3) is 0 Å². The molecule has 2 heterocycles. The number of hydrogen-bond donors (Lipinski definition) is 1. The van der Waals surface area contributed by atoms with Crippen LogP contribution < -0.4 is 4.74 Å². The smallest absolute Gasteiger partial charge is 0.432 e. The minimum absolute atomic E-state index is 0.0815. The maximum Gasteiger partial charge on any atom is 0.432 e. The maximum atomic E-state index is 12.3. The van der Waals surface area contributed by atoms with Gasteiger partial charge in [0.15, 0.2) is 0 Å². The van der Waals surface area contributed by atoms with E-state index in [9.17, 15) is 13.2 Å². The van der Waals surface area contributed by atoms with Crippen molar-refractivity contribution in [3.05, 3.63) is 24.2 Å². The molecule has 2 rings (SSSR count). The van der Waals surface area contributed by atoms with Crippen LogP contribution in [-0.4, -0.2) is 27.3 Å². The maximum absolute atomic E-state index is 12.3. The van der Waals surface area contributed by atoms with Gasteiger partial charge in [0.2, 0.25) is 5.88 Å². The summed E-state index contributed by atoms with van der Waals surface area (Å²) in [7, 11) is 1.40. The lowest BCUT2D eigenvalue weighted by atomic mass is 10.2. The minimum atomic E-state index is -4.46. The second-order valence-electron chi connectivity index (χ2n) is 3.11. The zero-order valence-electron chi connectivity index (χ0n) is 8.62. The molecule has 0 radical (unpaired) electrons. The Labute approximate surface area is 93.7 Å². The summed E-state index contributed by atoms with van der Waals surface area (Å²) < 4.78 is 41.8. The first-order chi connectivity index (χ1) is 8.00. The van der Waals surface area contributed by atoms with Gasteiger partial charge in [-0.3, -0.25) is 5.10 Å². The van der Waals surface area contributed by atoms with Crippen LogP contribution in [0.1, 0.15) is 5.69 Å². The number of methoxy groups -OCH3 is 1. The van der Waals surface area contributed by atoms with Gasteiger partial charge in [-0.05, 0) is 6.07 Å². The first-order valence-electron chi connectivity index (χ1n) is 4.49. The van der Waals surface area contributed by atoms with E-state index in [-0.39, 0.29) is 17.3 Å². The fourth-order valence-electron chi connectivity index (χ4n) is 1.19. The Bertz CT molecular complexity index is 523. The molecule has 0 saturated carbocycles. The Morgan fingerprint density at radius 3 is 2.53 bits per heavy atom. The molecule has 2 aromatic rings. The molecular formula is C9H7F3N4O. The molecule has 8 heteroatoms. The van der Waals surface area contributed by atoms with Crippen LogP contribution in [-0.2, 0) is 6.18 Å². The number of aromatic amines is 1. The largest absolute Gasteiger partial charge is 0.481 e. The summed E-state index contributed by atoms with van der Waals surface area (Å²) in [5.41, 5.74) is -0.591. The highest BCUT2D eigenvalue weighted by molar-refractivity contribution is 5.55. The van der Waals surface area contributed by atoms with Crippen molar-refractivity contribution in [1.29, 1.82) is 0 Å². The minimum Gasteiger partial charge on any atom is -0.481 e. The van der Waals surface area contributed by atoms with Crippen LogP contribution in [0.5, 0.6) is 5.88 Å². The number of aromatic nitrogens is 4. The predicted octanol–water partition coefficient (Wildman–Crippen LogP) is 1.89. The third-order valence-electron chi connectivity index (χ3n) is 2.00. The van der Waals surface area contributed by atoms with Crippen molar-refractivity contribution in [3.63, 3.8) is 0 Å². The number of H-pyrrole nitrogens is 1. The molecule has 0 fully saturated rings. The van der Waals surface area contributed by atoms with E-state index in [1.807, 2.05) is 5.10 Å². The molecule has 90 valence electrons. The number of halogens is 3. The van der Waals surface area contributed by atoms with Gasteiger partial charge in [0, 0.05) is 6.07 Å². The van der Waals surface area contributed by atoms with E-state index in [1.54, 1.807) is 0 Å². The second-order valence-corrected chi connectivity index (χ2v) is 3.11. The van der Waals surface area contributed by atoms with E-state index in [4.69, 9.17) is 4.74 Å². The quantitative estimate of drug-likeness (QED) is 0.876. The van der Waals surface area contributed by atoms with Gasteiger partial charge in [0.05, 0.1) is 12.8 Å². The van der Waals surface area contributed by atoms with Gasteiger partial charge in [-0.15, -0.1) is 0 Å². The van der Waals surface area contributed by atoms with Crippen LogP contribution >= 0.6 is 0 Å². The summed E-state index contributed by atoms with van der Waals surface area (Å²) in [4.78, 5) is 7.56. The van der Waals surface area contributed by atoms with Crippen molar-refractivity contribution in [2.75, 3.05) is 7.11 Å². The monoisotopic (exact) mass is 244 g/mol. The molecule has 17 heavy (non-hydrogen) atoms. The van der Waals surface area contributed by atoms with E-state index in [2.05, 4.69) is 15.1 Å². The molecule has 5 nitrogen and oxygen atoms in total. The zero-order valence-corrected chi connectivity index (χ0v) is 8.62. The van der Waals surface area contributed by atoms with Crippen molar-refractivity contribution in [1.82, 2.24) is 20.2 Å². The van der Waals surface area contributed by atoms with Crippen LogP contribution in [0.2, 0.25) is 0 Å². The third kappa shape index (κ3) is 2.35. The van der Waals surface area contributed by atoms with E-state index >= 15 is 0 Å². The second kappa shape index (κ2) is 4.04. The van der Waals surface area contributed by atoms with Crippen LogP contribution in [0.25, 0.3) is 11.4 Å². The Hall–Kier alpha value is -2.12. The summed E-state index contributed by atoms with van der Waals surface area (Å²) in [5, 5.41) is 5.44. The van der Waals surface area contributed by atoms with E-state index in [0.717, 1.165) is 6.07 Å². The average molecular weight is 244 g/mol. The summed E-state index contributed by atoms with van der Waals surface area (Å²) in [5.74, 6) is 0.256. The molecule has 0 amide bonds. The highest BCUT2D eigenvalue weighted by Gasteiger charge is 2.33. The first-order valence-corrected chi connectivity index (χ1v) is 4.49. The fourth-order valence-corrected chi connectivity index (χ4v) is 1.19. The Kier molecular flexibility index (Phi) is 2.70. The first kappa shape index (κ1) is 11.4. The predicted molar refractivity (Wildman–Crippen MR) is 51.2 cm³/mol. The van der Waals surface area contributed by atoms with Crippen molar-refractivity contribution in [3.8, 4) is 17.3 Å². The number of rotatable bonds is 2. The molecule has 0 aliphatic heterocycles. The molecule has 0 spiro atoms. The van der Waals surface area contributed by atoms with Crippen molar-refractivity contribution >= 4 is 0 Å². The zero-order chi connectivity index (χ0) is 12.5. The van der Waals surface area contributed by atoms with Crippen LogP contribution in [0.3, 0.4) is 0 Å². The summed E-state index contributed by atoms with van der Waals surface area (Å²) in [6, 6.07) is 2.28. The Balaban J connectivity index is 2.37. The molecule has 0 unspecified atom stereocenters. The third-order valence-corrected chi connectivity index (χ3v) is 2.00. The highest BCUT2D eigenvalue weighted by Crippen LogP contribution is 2.30. The summed E-state index contributed by atoms with van der Waals surface area (Å²) in [6.07, 6.45) is -3.27. The Morgan fingerprint density at radius 2 is 1.94 bits per heavy atom. The lowest BCUT2D eigenvalue weighted by Gasteiger charge is -2.00. The Morgan fingerprint density at radius 1 is 1.18 bits per heavy atom. The van der Waals surface area contributed by atoms with Crippen LogP contribution in [0, 0.1) is 0 Å². The SMILES string of the molecule is COc1cc(-c2cc(C(F)(F)F)[nH]n2)ncn1. The van der Waals surface area contributed by atoms with Gasteiger partial charge >= 0.3 is 6.18 Å². The number of alkyl halides is 3. The van der Waals surface area contributed by atoms with E-state index in [1.165, 1.54) is 19.5 Å². The van der Waals surface area contributed by atoms with E-state index < -0.39 is 11.9 Å². The van der Waals surface area contributed by atoms with E-state index in [0.29, 0.717) is 0 Å². The van der Waals surface area contributed by atoms with Crippen LogP contribution in [0.4, 0.5) is 13.2 Å². The molecule has 0 bridgehead atoms. The summed E-state index contributed by atoms with van der Waals surface area (Å²) >= 11 is 0. The lowest BCUT2D eigenvalue weighted by molar-refractivity contribution is -0.141. The van der Waals surface area contributed by atoms with Gasteiger partial charge < -0.3 is 4.74 Å². The number of nitrogens with zero attached hydrogens (tertiary/aromatic N) is 3. The molecule has 0 saturated heterocycles. The summed E-state index contributed by atoms with van der Waals surface area (Å²) in [6.45, 7) is 0. The van der Waals surface area contributed by atoms with Gasteiger partial charge in [-0.2, -0.15) is 18.3 Å². The van der Waals surface area contributed by atoms with Gasteiger partial charge in [-0.1, -0.05) is 0 Å². The van der Waals surface area contributed by atoms with Crippen molar-refractivity contribution < 1.29 is 17.9 Å². The molecule has 2 aromatic heterocycles. The standard InChI is InChI=1S/C9H7F3N4O/c1-17-8-3-5(13-4-14-8)6-2-7(16-15-6)9(10,11)12/h2-4H,1H3,(H,15,16). The van der Waals surface area contributed by atoms with Gasteiger partial charge in [-0.25, -0.2) is 9.97 Å². The normalized spacial score (nSPS) is 11.5. The lowest BCUT2D eigenvalue weighted by Crippen LogP contribution is -2.04. The molecular weight excluding hydrogens is 237 g/mol. The molecule has 0 aliphatic carbocycles. The number of hydrogen-bond acceptors (Lipinski definition) is 4. The van der Waals surface area contributed by atoms with Crippen LogP contribution in [0.15, 0.2) is 18.5 Å². The number of nitrogens with one attached hydrogen (secondary N) is 1. The molecule has 0 atom stereocenters. The van der Waals surface area contributed by atoms with Gasteiger partial charge in [0.1, 0.15) is 17.7 Å².